The maximum absolute atomic E-state index is 14.5. The van der Waals surface area contributed by atoms with Gasteiger partial charge in [0.1, 0.15) is 0 Å². The van der Waals surface area contributed by atoms with Crippen LogP contribution in [-0.2, 0) is 0 Å². The van der Waals surface area contributed by atoms with E-state index in [4.69, 9.17) is 0 Å². The third-order valence-electron chi connectivity index (χ3n) is 5.64. The predicted molar refractivity (Wildman–Crippen MR) is 82.6 cm³/mol. The minimum absolute atomic E-state index is 0.219. The lowest BCUT2D eigenvalue weighted by atomic mass is 9.78. The quantitative estimate of drug-likeness (QED) is 0.599. The summed E-state index contributed by atoms with van der Waals surface area (Å²) in [5.74, 6) is 0.0658. The largest absolute Gasteiger partial charge is 0.203 e. The SMILES string of the molecule is CC1CCC(c2ccc(C3CCCCC3)c(F)c2F)CC1. The number of benzene rings is 1. The standard InChI is InChI=1S/C19H26F2/c1-13-7-9-15(10-8-13)17-12-11-16(18(20)19(17)21)14-5-3-2-4-6-14/h11-15H,2-10H2,1H3. The van der Waals surface area contributed by atoms with E-state index in [-0.39, 0.29) is 11.8 Å². The van der Waals surface area contributed by atoms with Crippen molar-refractivity contribution >= 4 is 0 Å². The smallest absolute Gasteiger partial charge is 0.162 e. The Morgan fingerprint density at radius 3 is 1.71 bits per heavy atom. The van der Waals surface area contributed by atoms with Crippen molar-refractivity contribution in [3.05, 3.63) is 34.9 Å². The molecule has 116 valence electrons. The van der Waals surface area contributed by atoms with Gasteiger partial charge in [-0.15, -0.1) is 0 Å². The van der Waals surface area contributed by atoms with E-state index in [1.54, 1.807) is 0 Å². The van der Waals surface area contributed by atoms with Crippen LogP contribution in [0.2, 0.25) is 0 Å². The Bertz CT molecular complexity index is 481. The van der Waals surface area contributed by atoms with Gasteiger partial charge in [-0.05, 0) is 54.6 Å². The Hall–Kier alpha value is -0.920. The van der Waals surface area contributed by atoms with E-state index in [1.165, 1.54) is 6.42 Å². The first-order valence-corrected chi connectivity index (χ1v) is 8.64. The fraction of sp³-hybridized carbons (Fsp3) is 0.684. The molecule has 0 bridgehead atoms. The first-order valence-electron chi connectivity index (χ1n) is 8.64. The van der Waals surface area contributed by atoms with Gasteiger partial charge in [0.2, 0.25) is 0 Å². The fourth-order valence-corrected chi connectivity index (χ4v) is 4.19. The van der Waals surface area contributed by atoms with Gasteiger partial charge in [0.15, 0.2) is 11.6 Å². The van der Waals surface area contributed by atoms with E-state index in [0.717, 1.165) is 57.3 Å². The summed E-state index contributed by atoms with van der Waals surface area (Å²) in [4.78, 5) is 0. The summed E-state index contributed by atoms with van der Waals surface area (Å²) < 4.78 is 29.0. The fourth-order valence-electron chi connectivity index (χ4n) is 4.19. The number of hydrogen-bond acceptors (Lipinski definition) is 0. The molecule has 0 heterocycles. The second kappa shape index (κ2) is 6.46. The van der Waals surface area contributed by atoms with Crippen LogP contribution >= 0.6 is 0 Å². The molecule has 0 saturated heterocycles. The lowest BCUT2D eigenvalue weighted by Gasteiger charge is -2.28. The van der Waals surface area contributed by atoms with Crippen LogP contribution in [0.25, 0.3) is 0 Å². The molecule has 2 heteroatoms. The Labute approximate surface area is 126 Å². The monoisotopic (exact) mass is 292 g/mol. The molecule has 0 spiro atoms. The zero-order valence-corrected chi connectivity index (χ0v) is 13.0. The van der Waals surface area contributed by atoms with Crippen molar-refractivity contribution in [1.29, 1.82) is 0 Å². The summed E-state index contributed by atoms with van der Waals surface area (Å²) in [5, 5.41) is 0. The van der Waals surface area contributed by atoms with Crippen LogP contribution in [0.4, 0.5) is 8.78 Å². The number of hydrogen-bond donors (Lipinski definition) is 0. The molecule has 1 aromatic carbocycles. The Kier molecular flexibility index (Phi) is 4.61. The molecular weight excluding hydrogens is 266 g/mol. The molecule has 3 rings (SSSR count). The van der Waals surface area contributed by atoms with Crippen LogP contribution in [0, 0.1) is 17.6 Å². The van der Waals surface area contributed by atoms with Crippen LogP contribution < -0.4 is 0 Å². The Balaban J connectivity index is 1.82. The summed E-state index contributed by atoms with van der Waals surface area (Å²) in [5.41, 5.74) is 1.25. The van der Waals surface area contributed by atoms with Crippen LogP contribution in [0.1, 0.15) is 87.7 Å². The molecule has 0 radical (unpaired) electrons. The van der Waals surface area contributed by atoms with Gasteiger partial charge in [0.05, 0.1) is 0 Å². The van der Waals surface area contributed by atoms with Crippen molar-refractivity contribution in [3.63, 3.8) is 0 Å². The van der Waals surface area contributed by atoms with Crippen LogP contribution in [0.5, 0.6) is 0 Å². The van der Waals surface area contributed by atoms with Gasteiger partial charge in [0.25, 0.3) is 0 Å². The van der Waals surface area contributed by atoms with Gasteiger partial charge in [-0.2, -0.15) is 0 Å². The molecule has 0 unspecified atom stereocenters. The minimum atomic E-state index is -0.558. The molecule has 0 nitrogen and oxygen atoms in total. The van der Waals surface area contributed by atoms with Gasteiger partial charge in [-0.3, -0.25) is 0 Å². The molecule has 0 aromatic heterocycles. The summed E-state index contributed by atoms with van der Waals surface area (Å²) in [6.07, 6.45) is 9.82. The van der Waals surface area contributed by atoms with Crippen LogP contribution in [0.15, 0.2) is 12.1 Å². The lowest BCUT2D eigenvalue weighted by Crippen LogP contribution is -2.14. The van der Waals surface area contributed by atoms with Crippen molar-refractivity contribution in [2.75, 3.05) is 0 Å². The lowest BCUT2D eigenvalue weighted by molar-refractivity contribution is 0.338. The minimum Gasteiger partial charge on any atom is -0.203 e. The molecule has 1 aromatic rings. The molecule has 2 aliphatic carbocycles. The highest BCUT2D eigenvalue weighted by molar-refractivity contribution is 5.31. The Morgan fingerprint density at radius 2 is 1.19 bits per heavy atom. The molecular formula is C19H26F2. The van der Waals surface area contributed by atoms with Gasteiger partial charge in [0, 0.05) is 0 Å². The molecule has 2 fully saturated rings. The zero-order valence-electron chi connectivity index (χ0n) is 13.0. The van der Waals surface area contributed by atoms with Gasteiger partial charge in [-0.1, -0.05) is 51.2 Å². The number of rotatable bonds is 2. The maximum Gasteiger partial charge on any atom is 0.162 e. The topological polar surface area (TPSA) is 0 Å². The highest BCUT2D eigenvalue weighted by Gasteiger charge is 2.27. The highest BCUT2D eigenvalue weighted by Crippen LogP contribution is 2.40. The molecule has 2 saturated carbocycles. The van der Waals surface area contributed by atoms with Crippen molar-refractivity contribution in [3.8, 4) is 0 Å². The molecule has 0 amide bonds. The van der Waals surface area contributed by atoms with Crippen LogP contribution in [0.3, 0.4) is 0 Å². The zero-order chi connectivity index (χ0) is 14.8. The highest BCUT2D eigenvalue weighted by atomic mass is 19.2. The van der Waals surface area contributed by atoms with Crippen molar-refractivity contribution < 1.29 is 8.78 Å². The van der Waals surface area contributed by atoms with E-state index in [2.05, 4.69) is 6.92 Å². The Morgan fingerprint density at radius 1 is 0.714 bits per heavy atom. The second-order valence-corrected chi connectivity index (χ2v) is 7.16. The maximum atomic E-state index is 14.5. The molecule has 21 heavy (non-hydrogen) atoms. The average molecular weight is 292 g/mol. The summed E-state index contributed by atoms with van der Waals surface area (Å²) in [6.45, 7) is 2.25. The second-order valence-electron chi connectivity index (χ2n) is 7.16. The summed E-state index contributed by atoms with van der Waals surface area (Å²) in [6, 6.07) is 3.75. The van der Waals surface area contributed by atoms with Crippen molar-refractivity contribution in [2.24, 2.45) is 5.92 Å². The van der Waals surface area contributed by atoms with Gasteiger partial charge < -0.3 is 0 Å². The molecule has 2 aliphatic rings. The average Bonchev–Trinajstić information content (AvgIpc) is 2.52. The van der Waals surface area contributed by atoms with E-state index in [0.29, 0.717) is 11.1 Å². The normalized spacial score (nSPS) is 27.8. The molecule has 0 atom stereocenters. The van der Waals surface area contributed by atoms with E-state index in [1.807, 2.05) is 12.1 Å². The van der Waals surface area contributed by atoms with Crippen molar-refractivity contribution in [1.82, 2.24) is 0 Å². The first-order chi connectivity index (χ1) is 10.2. The third-order valence-corrected chi connectivity index (χ3v) is 5.64. The third kappa shape index (κ3) is 3.14. The van der Waals surface area contributed by atoms with Crippen molar-refractivity contribution in [2.45, 2.75) is 76.5 Å². The van der Waals surface area contributed by atoms with Gasteiger partial charge >= 0.3 is 0 Å². The predicted octanol–water partition coefficient (Wildman–Crippen LogP) is 6.31. The van der Waals surface area contributed by atoms with E-state index < -0.39 is 11.6 Å². The first kappa shape index (κ1) is 15.0. The molecule has 0 N–H and O–H groups in total. The van der Waals surface area contributed by atoms with Gasteiger partial charge in [-0.25, -0.2) is 8.78 Å². The summed E-state index contributed by atoms with van der Waals surface area (Å²) >= 11 is 0. The molecule has 0 aliphatic heterocycles. The number of halogens is 2. The summed E-state index contributed by atoms with van der Waals surface area (Å²) in [7, 11) is 0. The van der Waals surface area contributed by atoms with E-state index in [9.17, 15) is 8.78 Å². The van der Waals surface area contributed by atoms with Crippen LogP contribution in [-0.4, -0.2) is 0 Å². The van der Waals surface area contributed by atoms with E-state index >= 15 is 0 Å².